The quantitative estimate of drug-likeness (QED) is 0.493. The standard InChI is InChI=1S/C19H18N2O2/c22-19(16-9-5-2-6-10-16)18(15-7-3-1-4-8-15)21-20-17-11-13-23-14-12-17/h1-10H,11-14H2/b21-18+. The fraction of sp³-hybridized carbons (Fsp3) is 0.211. The molecule has 2 aromatic rings. The summed E-state index contributed by atoms with van der Waals surface area (Å²) in [5.41, 5.74) is 2.74. The van der Waals surface area contributed by atoms with E-state index in [0.29, 0.717) is 24.5 Å². The van der Waals surface area contributed by atoms with Crippen LogP contribution in [-0.4, -0.2) is 30.4 Å². The number of ketones is 1. The van der Waals surface area contributed by atoms with Gasteiger partial charge in [-0.3, -0.25) is 4.79 Å². The highest BCUT2D eigenvalue weighted by Crippen LogP contribution is 2.11. The Morgan fingerprint density at radius 1 is 0.826 bits per heavy atom. The number of benzene rings is 2. The predicted molar refractivity (Wildman–Crippen MR) is 91.2 cm³/mol. The second-order valence-electron chi connectivity index (χ2n) is 5.29. The number of carbonyl (C=O) groups excluding carboxylic acids is 1. The normalized spacial score (nSPS) is 15.3. The van der Waals surface area contributed by atoms with E-state index >= 15 is 0 Å². The molecule has 0 bridgehead atoms. The summed E-state index contributed by atoms with van der Waals surface area (Å²) in [6.07, 6.45) is 1.54. The van der Waals surface area contributed by atoms with Gasteiger partial charge < -0.3 is 4.74 Å². The maximum Gasteiger partial charge on any atom is 0.213 e. The van der Waals surface area contributed by atoms with E-state index in [-0.39, 0.29) is 5.78 Å². The third kappa shape index (κ3) is 3.99. The Balaban J connectivity index is 1.95. The van der Waals surface area contributed by atoms with Crippen molar-refractivity contribution in [1.82, 2.24) is 0 Å². The molecule has 0 unspecified atom stereocenters. The average molecular weight is 306 g/mol. The number of carbonyl (C=O) groups is 1. The molecule has 4 nitrogen and oxygen atoms in total. The summed E-state index contributed by atoms with van der Waals surface area (Å²) in [7, 11) is 0. The molecule has 0 amide bonds. The van der Waals surface area contributed by atoms with E-state index in [4.69, 9.17) is 4.74 Å². The van der Waals surface area contributed by atoms with E-state index in [9.17, 15) is 4.79 Å². The van der Waals surface area contributed by atoms with Gasteiger partial charge in [0.1, 0.15) is 5.71 Å². The SMILES string of the molecule is O=C(/C(=N/N=C1CCOCC1)c1ccccc1)c1ccccc1. The Labute approximate surface area is 135 Å². The van der Waals surface area contributed by atoms with Gasteiger partial charge in [0.25, 0.3) is 0 Å². The number of nitrogens with zero attached hydrogens (tertiary/aromatic N) is 2. The first-order chi connectivity index (χ1) is 11.3. The lowest BCUT2D eigenvalue weighted by Crippen LogP contribution is -2.17. The van der Waals surface area contributed by atoms with Crippen molar-refractivity contribution < 1.29 is 9.53 Å². The summed E-state index contributed by atoms with van der Waals surface area (Å²) in [6, 6.07) is 18.6. The highest BCUT2D eigenvalue weighted by Gasteiger charge is 2.16. The van der Waals surface area contributed by atoms with E-state index in [1.165, 1.54) is 0 Å². The van der Waals surface area contributed by atoms with Gasteiger partial charge >= 0.3 is 0 Å². The maximum atomic E-state index is 12.8. The van der Waals surface area contributed by atoms with Crippen LogP contribution in [0.3, 0.4) is 0 Å². The van der Waals surface area contributed by atoms with Crippen LogP contribution in [0.5, 0.6) is 0 Å². The van der Waals surface area contributed by atoms with Crippen molar-refractivity contribution in [3.63, 3.8) is 0 Å². The highest BCUT2D eigenvalue weighted by atomic mass is 16.5. The number of rotatable bonds is 4. The van der Waals surface area contributed by atoms with Gasteiger partial charge in [-0.25, -0.2) is 0 Å². The van der Waals surface area contributed by atoms with Gasteiger partial charge in [-0.05, 0) is 0 Å². The molecular weight excluding hydrogens is 288 g/mol. The first kappa shape index (κ1) is 15.3. The highest BCUT2D eigenvalue weighted by molar-refractivity contribution is 6.51. The number of hydrogen-bond donors (Lipinski definition) is 0. The largest absolute Gasteiger partial charge is 0.381 e. The summed E-state index contributed by atoms with van der Waals surface area (Å²) < 4.78 is 5.31. The van der Waals surface area contributed by atoms with Gasteiger partial charge in [-0.1, -0.05) is 60.7 Å². The lowest BCUT2D eigenvalue weighted by Gasteiger charge is -2.12. The molecule has 0 aromatic heterocycles. The van der Waals surface area contributed by atoms with E-state index in [1.807, 2.05) is 48.5 Å². The van der Waals surface area contributed by atoms with Crippen molar-refractivity contribution in [2.75, 3.05) is 13.2 Å². The summed E-state index contributed by atoms with van der Waals surface area (Å²) in [6.45, 7) is 1.34. The molecule has 0 saturated carbocycles. The van der Waals surface area contributed by atoms with E-state index in [2.05, 4.69) is 10.2 Å². The molecule has 0 aliphatic carbocycles. The minimum absolute atomic E-state index is 0.117. The fourth-order valence-electron chi connectivity index (χ4n) is 2.38. The van der Waals surface area contributed by atoms with Crippen LogP contribution in [0.2, 0.25) is 0 Å². The van der Waals surface area contributed by atoms with E-state index < -0.39 is 0 Å². The molecule has 116 valence electrons. The Morgan fingerprint density at radius 2 is 1.39 bits per heavy atom. The minimum atomic E-state index is -0.117. The van der Waals surface area contributed by atoms with Crippen LogP contribution in [0, 0.1) is 0 Å². The Bertz CT molecular complexity index is 714. The summed E-state index contributed by atoms with van der Waals surface area (Å²) in [5.74, 6) is -0.117. The van der Waals surface area contributed by atoms with Crippen LogP contribution in [0.4, 0.5) is 0 Å². The minimum Gasteiger partial charge on any atom is -0.381 e. The van der Waals surface area contributed by atoms with E-state index in [0.717, 1.165) is 24.1 Å². The molecule has 0 atom stereocenters. The molecule has 1 saturated heterocycles. The van der Waals surface area contributed by atoms with Crippen molar-refractivity contribution in [3.8, 4) is 0 Å². The third-order valence-corrected chi connectivity index (χ3v) is 3.66. The molecule has 4 heteroatoms. The molecule has 1 aliphatic heterocycles. The molecule has 1 fully saturated rings. The van der Waals surface area contributed by atoms with Crippen molar-refractivity contribution in [2.24, 2.45) is 10.2 Å². The topological polar surface area (TPSA) is 51.0 Å². The van der Waals surface area contributed by atoms with E-state index in [1.54, 1.807) is 12.1 Å². The van der Waals surface area contributed by atoms with Crippen molar-refractivity contribution in [3.05, 3.63) is 71.8 Å². The maximum absolute atomic E-state index is 12.8. The van der Waals surface area contributed by atoms with Gasteiger partial charge in [0, 0.05) is 29.7 Å². The zero-order chi connectivity index (χ0) is 15.9. The fourth-order valence-corrected chi connectivity index (χ4v) is 2.38. The zero-order valence-corrected chi connectivity index (χ0v) is 12.8. The van der Waals surface area contributed by atoms with Crippen LogP contribution in [0.15, 0.2) is 70.9 Å². The van der Waals surface area contributed by atoms with Crippen LogP contribution in [-0.2, 0) is 4.74 Å². The second kappa shape index (κ2) is 7.61. The van der Waals surface area contributed by atoms with Crippen molar-refractivity contribution >= 4 is 17.2 Å². The smallest absolute Gasteiger partial charge is 0.213 e. The number of Topliss-reactive ketones (excluding diaryl/α,β-unsaturated/α-hetero) is 1. The van der Waals surface area contributed by atoms with Gasteiger partial charge in [0.05, 0.1) is 13.2 Å². The zero-order valence-electron chi connectivity index (χ0n) is 12.8. The summed E-state index contributed by atoms with van der Waals surface area (Å²) in [5, 5.41) is 8.60. The van der Waals surface area contributed by atoms with Crippen LogP contribution >= 0.6 is 0 Å². The molecule has 1 heterocycles. The summed E-state index contributed by atoms with van der Waals surface area (Å²) in [4.78, 5) is 12.8. The number of ether oxygens (including phenoxy) is 1. The molecule has 2 aromatic carbocycles. The lowest BCUT2D eigenvalue weighted by atomic mass is 10.0. The predicted octanol–water partition coefficient (Wildman–Crippen LogP) is 3.53. The van der Waals surface area contributed by atoms with Crippen LogP contribution in [0.1, 0.15) is 28.8 Å². The van der Waals surface area contributed by atoms with Crippen LogP contribution in [0.25, 0.3) is 0 Å². The van der Waals surface area contributed by atoms with Gasteiger partial charge in [-0.2, -0.15) is 5.10 Å². The summed E-state index contributed by atoms with van der Waals surface area (Å²) >= 11 is 0. The van der Waals surface area contributed by atoms with Crippen LogP contribution < -0.4 is 0 Å². The Kier molecular flexibility index (Phi) is 5.06. The molecule has 0 spiro atoms. The monoisotopic (exact) mass is 306 g/mol. The molecule has 0 N–H and O–H groups in total. The lowest BCUT2D eigenvalue weighted by molar-refractivity contribution is 0.106. The molecule has 3 rings (SSSR count). The Hall–Kier alpha value is -2.59. The second-order valence-corrected chi connectivity index (χ2v) is 5.29. The molecule has 0 radical (unpaired) electrons. The Morgan fingerprint density at radius 3 is 2.00 bits per heavy atom. The van der Waals surface area contributed by atoms with Gasteiger partial charge in [0.15, 0.2) is 0 Å². The third-order valence-electron chi connectivity index (χ3n) is 3.66. The molecular formula is C19H18N2O2. The first-order valence-corrected chi connectivity index (χ1v) is 7.71. The van der Waals surface area contributed by atoms with Gasteiger partial charge in [0.2, 0.25) is 5.78 Å². The van der Waals surface area contributed by atoms with Gasteiger partial charge in [-0.15, -0.1) is 5.10 Å². The molecule has 1 aliphatic rings. The first-order valence-electron chi connectivity index (χ1n) is 7.71. The average Bonchev–Trinajstić information content (AvgIpc) is 2.64. The van der Waals surface area contributed by atoms with Crippen molar-refractivity contribution in [1.29, 1.82) is 0 Å². The number of hydrogen-bond acceptors (Lipinski definition) is 4. The van der Waals surface area contributed by atoms with Crippen molar-refractivity contribution in [2.45, 2.75) is 12.8 Å². The molecule has 23 heavy (non-hydrogen) atoms.